The van der Waals surface area contributed by atoms with Gasteiger partial charge in [-0.1, -0.05) is 0 Å². The second-order valence-electron chi connectivity index (χ2n) is 3.42. The van der Waals surface area contributed by atoms with E-state index < -0.39 is 5.97 Å². The Balaban J connectivity index is 2.43. The lowest BCUT2D eigenvalue weighted by atomic mass is 10.1. The van der Waals surface area contributed by atoms with Crippen LogP contribution in [-0.4, -0.2) is 24.3 Å². The van der Waals surface area contributed by atoms with Gasteiger partial charge in [0.05, 0.1) is 7.11 Å². The Kier molecular flexibility index (Phi) is 2.11. The van der Waals surface area contributed by atoms with E-state index in [2.05, 4.69) is 9.72 Å². The van der Waals surface area contributed by atoms with Crippen molar-refractivity contribution in [2.45, 2.75) is 18.8 Å². The summed E-state index contributed by atoms with van der Waals surface area (Å²) in [5, 5.41) is 0. The summed E-state index contributed by atoms with van der Waals surface area (Å²) in [4.78, 5) is 24.8. The third-order valence-corrected chi connectivity index (χ3v) is 2.45. The fourth-order valence-electron chi connectivity index (χ4n) is 1.63. The van der Waals surface area contributed by atoms with Gasteiger partial charge in [-0.25, -0.2) is 4.79 Å². The van der Waals surface area contributed by atoms with Crippen molar-refractivity contribution in [1.29, 1.82) is 0 Å². The zero-order chi connectivity index (χ0) is 10.1. The summed E-state index contributed by atoms with van der Waals surface area (Å²) in [5.74, 6) is -0.0458. The zero-order valence-corrected chi connectivity index (χ0v) is 7.87. The molecule has 1 heterocycles. The molecule has 1 aromatic rings. The Hall–Kier alpha value is -1.58. The van der Waals surface area contributed by atoms with Gasteiger partial charge < -0.3 is 9.72 Å². The number of methoxy groups -OCH3 is 1. The maximum atomic E-state index is 11.3. The van der Waals surface area contributed by atoms with E-state index in [0.717, 1.165) is 24.7 Å². The molecule has 0 radical (unpaired) electrons. The number of carbonyl (C=O) groups excluding carboxylic acids is 2. The fraction of sp³-hybridized carbons (Fsp3) is 0.400. The Bertz CT molecular complexity index is 377. The summed E-state index contributed by atoms with van der Waals surface area (Å²) in [6, 6.07) is 0. The summed E-state index contributed by atoms with van der Waals surface area (Å²) in [7, 11) is 1.33. The molecule has 0 aliphatic heterocycles. The highest BCUT2D eigenvalue weighted by Crippen LogP contribution is 2.43. The number of H-pyrrole nitrogens is 1. The monoisotopic (exact) mass is 193 g/mol. The molecule has 4 nitrogen and oxygen atoms in total. The summed E-state index contributed by atoms with van der Waals surface area (Å²) in [6.45, 7) is 0. The number of ether oxygens (including phenoxy) is 1. The molecule has 1 aliphatic rings. The van der Waals surface area contributed by atoms with Crippen LogP contribution >= 0.6 is 0 Å². The number of esters is 1. The van der Waals surface area contributed by atoms with Crippen molar-refractivity contribution in [2.75, 3.05) is 7.11 Å². The maximum Gasteiger partial charge on any atom is 0.354 e. The van der Waals surface area contributed by atoms with Crippen LogP contribution in [0, 0.1) is 0 Å². The van der Waals surface area contributed by atoms with E-state index >= 15 is 0 Å². The number of hydrogen-bond donors (Lipinski definition) is 1. The first kappa shape index (κ1) is 8.99. The van der Waals surface area contributed by atoms with Crippen LogP contribution in [0.2, 0.25) is 0 Å². The molecular formula is C10H11NO3. The molecule has 14 heavy (non-hydrogen) atoms. The number of aromatic amines is 1. The average Bonchev–Trinajstić information content (AvgIpc) is 2.96. The Morgan fingerprint density at radius 2 is 2.36 bits per heavy atom. The lowest BCUT2D eigenvalue weighted by Gasteiger charge is -2.00. The van der Waals surface area contributed by atoms with Gasteiger partial charge in [0.2, 0.25) is 0 Å². The molecule has 0 aromatic carbocycles. The summed E-state index contributed by atoms with van der Waals surface area (Å²) < 4.78 is 4.63. The van der Waals surface area contributed by atoms with Gasteiger partial charge in [-0.05, 0) is 24.3 Å². The second-order valence-corrected chi connectivity index (χ2v) is 3.42. The summed E-state index contributed by atoms with van der Waals surface area (Å²) >= 11 is 0. The van der Waals surface area contributed by atoms with Gasteiger partial charge in [-0.2, -0.15) is 0 Å². The van der Waals surface area contributed by atoms with Crippen LogP contribution in [0.1, 0.15) is 45.2 Å². The van der Waals surface area contributed by atoms with Gasteiger partial charge in [0.25, 0.3) is 0 Å². The highest BCUT2D eigenvalue weighted by Gasteiger charge is 2.32. The van der Waals surface area contributed by atoms with Crippen LogP contribution < -0.4 is 0 Å². The molecule has 1 fully saturated rings. The maximum absolute atomic E-state index is 11.3. The minimum Gasteiger partial charge on any atom is -0.464 e. The van der Waals surface area contributed by atoms with Crippen molar-refractivity contribution in [1.82, 2.24) is 4.98 Å². The summed E-state index contributed by atoms with van der Waals surface area (Å²) in [5.41, 5.74) is 1.83. The largest absolute Gasteiger partial charge is 0.464 e. The third kappa shape index (κ3) is 1.32. The average molecular weight is 193 g/mol. The molecule has 1 aliphatic carbocycles. The van der Waals surface area contributed by atoms with Crippen molar-refractivity contribution in [3.8, 4) is 0 Å². The number of aromatic nitrogens is 1. The van der Waals surface area contributed by atoms with E-state index in [1.54, 1.807) is 6.20 Å². The van der Waals surface area contributed by atoms with E-state index in [0.29, 0.717) is 17.2 Å². The number of aldehydes is 1. The second kappa shape index (κ2) is 3.29. The van der Waals surface area contributed by atoms with Crippen LogP contribution in [0.25, 0.3) is 0 Å². The smallest absolute Gasteiger partial charge is 0.354 e. The van der Waals surface area contributed by atoms with E-state index in [4.69, 9.17) is 0 Å². The fourth-order valence-corrected chi connectivity index (χ4v) is 1.63. The first-order valence-electron chi connectivity index (χ1n) is 4.52. The molecule has 0 bridgehead atoms. The number of rotatable bonds is 3. The van der Waals surface area contributed by atoms with Crippen LogP contribution in [0.4, 0.5) is 0 Å². The van der Waals surface area contributed by atoms with Gasteiger partial charge in [0.15, 0.2) is 6.29 Å². The van der Waals surface area contributed by atoms with Gasteiger partial charge in [0.1, 0.15) is 5.69 Å². The first-order chi connectivity index (χ1) is 6.77. The quantitative estimate of drug-likeness (QED) is 0.584. The predicted molar refractivity (Wildman–Crippen MR) is 49.5 cm³/mol. The molecule has 4 heteroatoms. The molecule has 0 spiro atoms. The lowest BCUT2D eigenvalue weighted by Crippen LogP contribution is -2.05. The summed E-state index contributed by atoms with van der Waals surface area (Å²) in [6.07, 6.45) is 4.43. The molecule has 0 amide bonds. The van der Waals surface area contributed by atoms with Crippen molar-refractivity contribution in [3.63, 3.8) is 0 Å². The van der Waals surface area contributed by atoms with Gasteiger partial charge >= 0.3 is 5.97 Å². The van der Waals surface area contributed by atoms with Gasteiger partial charge in [0, 0.05) is 11.8 Å². The number of carbonyl (C=O) groups is 2. The first-order valence-corrected chi connectivity index (χ1v) is 4.52. The van der Waals surface area contributed by atoms with E-state index in [1.807, 2.05) is 0 Å². The molecule has 0 unspecified atom stereocenters. The SMILES string of the molecule is COC(=O)c1[nH]cc(C=O)c1C1CC1. The molecule has 1 saturated carbocycles. The van der Waals surface area contributed by atoms with E-state index in [1.165, 1.54) is 7.11 Å². The van der Waals surface area contributed by atoms with E-state index in [-0.39, 0.29) is 0 Å². The topological polar surface area (TPSA) is 59.2 Å². The van der Waals surface area contributed by atoms with Gasteiger partial charge in [-0.15, -0.1) is 0 Å². The number of nitrogens with one attached hydrogen (secondary N) is 1. The minimum atomic E-state index is -0.403. The Morgan fingerprint density at radius 1 is 1.64 bits per heavy atom. The van der Waals surface area contributed by atoms with Crippen LogP contribution in [0.15, 0.2) is 6.20 Å². The van der Waals surface area contributed by atoms with Crippen molar-refractivity contribution in [2.24, 2.45) is 0 Å². The highest BCUT2D eigenvalue weighted by molar-refractivity contribution is 5.93. The highest BCUT2D eigenvalue weighted by atomic mass is 16.5. The molecule has 0 atom stereocenters. The van der Waals surface area contributed by atoms with Crippen LogP contribution in [0.5, 0.6) is 0 Å². The lowest BCUT2D eigenvalue weighted by molar-refractivity contribution is 0.0593. The predicted octanol–water partition coefficient (Wildman–Crippen LogP) is 1.49. The molecule has 2 rings (SSSR count). The minimum absolute atomic E-state index is 0.357. The van der Waals surface area contributed by atoms with E-state index in [9.17, 15) is 9.59 Å². The molecule has 0 saturated heterocycles. The molecule has 1 aromatic heterocycles. The van der Waals surface area contributed by atoms with Crippen molar-refractivity contribution >= 4 is 12.3 Å². The standard InChI is InChI=1S/C10H11NO3/c1-14-10(13)9-8(6-2-3-6)7(5-12)4-11-9/h4-6,11H,2-3H2,1H3. The molecular weight excluding hydrogens is 182 g/mol. The normalized spacial score (nSPS) is 15.2. The van der Waals surface area contributed by atoms with Crippen molar-refractivity contribution in [3.05, 3.63) is 23.0 Å². The Morgan fingerprint density at radius 3 is 2.86 bits per heavy atom. The molecule has 1 N–H and O–H groups in total. The third-order valence-electron chi connectivity index (χ3n) is 2.45. The molecule has 74 valence electrons. The van der Waals surface area contributed by atoms with Crippen LogP contribution in [-0.2, 0) is 4.74 Å². The number of hydrogen-bond acceptors (Lipinski definition) is 3. The van der Waals surface area contributed by atoms with Crippen LogP contribution in [0.3, 0.4) is 0 Å². The van der Waals surface area contributed by atoms with Gasteiger partial charge in [-0.3, -0.25) is 4.79 Å². The van der Waals surface area contributed by atoms with Crippen molar-refractivity contribution < 1.29 is 14.3 Å². The zero-order valence-electron chi connectivity index (χ0n) is 7.87. The Labute approximate surface area is 81.3 Å².